The van der Waals surface area contributed by atoms with Gasteiger partial charge in [-0.3, -0.25) is 4.79 Å². The number of rotatable bonds is 5. The van der Waals surface area contributed by atoms with E-state index in [0.29, 0.717) is 25.4 Å². The zero-order valence-electron chi connectivity index (χ0n) is 10.1. The lowest BCUT2D eigenvalue weighted by molar-refractivity contribution is -0.137. The van der Waals surface area contributed by atoms with Gasteiger partial charge in [-0.25, -0.2) is 4.79 Å². The summed E-state index contributed by atoms with van der Waals surface area (Å²) in [5, 5.41) is 8.66. The largest absolute Gasteiger partial charge is 0.481 e. The highest BCUT2D eigenvalue weighted by Gasteiger charge is 2.34. The lowest BCUT2D eigenvalue weighted by Gasteiger charge is -2.24. The second-order valence-corrected chi connectivity index (χ2v) is 4.80. The van der Waals surface area contributed by atoms with Crippen molar-refractivity contribution in [3.8, 4) is 0 Å². The maximum Gasteiger partial charge on any atom is 0.320 e. The fraction of sp³-hybridized carbons (Fsp3) is 0.818. The number of likely N-dealkylation sites (N-methyl/N-ethyl adjacent to an activating group) is 1. The number of urea groups is 1. The van der Waals surface area contributed by atoms with Crippen molar-refractivity contribution in [2.75, 3.05) is 20.1 Å². The van der Waals surface area contributed by atoms with E-state index in [9.17, 15) is 9.59 Å². The molecule has 5 nitrogen and oxygen atoms in total. The second-order valence-electron chi connectivity index (χ2n) is 4.80. The zero-order chi connectivity index (χ0) is 12.3. The Kier molecular flexibility index (Phi) is 4.15. The molecule has 1 rings (SSSR count). The first kappa shape index (κ1) is 12.8. The topological polar surface area (TPSA) is 60.9 Å². The van der Waals surface area contributed by atoms with Gasteiger partial charge in [-0.15, -0.1) is 0 Å². The lowest BCUT2D eigenvalue weighted by Crippen LogP contribution is -2.37. The molecule has 0 radical (unpaired) electrons. The van der Waals surface area contributed by atoms with Crippen LogP contribution in [0.4, 0.5) is 4.79 Å². The van der Waals surface area contributed by atoms with Gasteiger partial charge in [0.25, 0.3) is 0 Å². The fourth-order valence-corrected chi connectivity index (χ4v) is 2.03. The monoisotopic (exact) mass is 228 g/mol. The first-order chi connectivity index (χ1) is 7.41. The fourth-order valence-electron chi connectivity index (χ4n) is 2.03. The van der Waals surface area contributed by atoms with Crippen molar-refractivity contribution >= 4 is 12.0 Å². The first-order valence-corrected chi connectivity index (χ1v) is 5.65. The number of nitrogens with zero attached hydrogens (tertiary/aromatic N) is 2. The summed E-state index contributed by atoms with van der Waals surface area (Å²) in [6, 6.07) is 0.0695. The SMILES string of the molecule is CC(C)CN1C(=O)N(C)CC1CCC(=O)O. The molecule has 5 heteroatoms. The van der Waals surface area contributed by atoms with Crippen LogP contribution in [0.1, 0.15) is 26.7 Å². The first-order valence-electron chi connectivity index (χ1n) is 5.65. The van der Waals surface area contributed by atoms with E-state index in [1.165, 1.54) is 0 Å². The van der Waals surface area contributed by atoms with E-state index in [4.69, 9.17) is 5.11 Å². The van der Waals surface area contributed by atoms with Crippen LogP contribution in [-0.2, 0) is 4.79 Å². The molecule has 0 aliphatic carbocycles. The Bertz CT molecular complexity index is 278. The van der Waals surface area contributed by atoms with E-state index < -0.39 is 5.97 Å². The van der Waals surface area contributed by atoms with Gasteiger partial charge in [-0.2, -0.15) is 0 Å². The minimum absolute atomic E-state index is 0.0177. The number of carbonyl (C=O) groups is 2. The molecule has 1 saturated heterocycles. The number of hydrogen-bond donors (Lipinski definition) is 1. The maximum atomic E-state index is 11.8. The Balaban J connectivity index is 2.59. The molecule has 0 spiro atoms. The Labute approximate surface area is 96.0 Å². The van der Waals surface area contributed by atoms with Gasteiger partial charge in [0, 0.05) is 26.6 Å². The Morgan fingerprint density at radius 2 is 2.19 bits per heavy atom. The van der Waals surface area contributed by atoms with E-state index in [1.807, 2.05) is 0 Å². The molecule has 1 aliphatic rings. The van der Waals surface area contributed by atoms with Gasteiger partial charge in [-0.1, -0.05) is 13.8 Å². The number of carbonyl (C=O) groups excluding carboxylic acids is 1. The Hall–Kier alpha value is -1.26. The van der Waals surface area contributed by atoms with Gasteiger partial charge < -0.3 is 14.9 Å². The Morgan fingerprint density at radius 3 is 2.69 bits per heavy atom. The Morgan fingerprint density at radius 1 is 1.56 bits per heavy atom. The van der Waals surface area contributed by atoms with E-state index in [1.54, 1.807) is 16.8 Å². The van der Waals surface area contributed by atoms with Gasteiger partial charge in [0.1, 0.15) is 0 Å². The number of carboxylic acids is 1. The van der Waals surface area contributed by atoms with E-state index in [0.717, 1.165) is 0 Å². The van der Waals surface area contributed by atoms with Crippen LogP contribution in [0.5, 0.6) is 0 Å². The van der Waals surface area contributed by atoms with Crippen LogP contribution >= 0.6 is 0 Å². The molecule has 0 aromatic heterocycles. The smallest absolute Gasteiger partial charge is 0.320 e. The summed E-state index contributed by atoms with van der Waals surface area (Å²) in [6.07, 6.45) is 0.665. The van der Waals surface area contributed by atoms with Crippen molar-refractivity contribution in [2.24, 2.45) is 5.92 Å². The van der Waals surface area contributed by atoms with Crippen molar-refractivity contribution in [2.45, 2.75) is 32.7 Å². The molecule has 1 aliphatic heterocycles. The molecule has 0 saturated carbocycles. The second kappa shape index (κ2) is 5.18. The number of aliphatic carboxylic acids is 1. The normalized spacial score (nSPS) is 21.0. The highest BCUT2D eigenvalue weighted by atomic mass is 16.4. The van der Waals surface area contributed by atoms with Crippen LogP contribution in [0, 0.1) is 5.92 Å². The molecule has 1 heterocycles. The molecule has 0 aromatic rings. The summed E-state index contributed by atoms with van der Waals surface area (Å²) >= 11 is 0. The van der Waals surface area contributed by atoms with E-state index >= 15 is 0 Å². The zero-order valence-corrected chi connectivity index (χ0v) is 10.1. The van der Waals surface area contributed by atoms with Crippen LogP contribution in [0.25, 0.3) is 0 Å². The molecular formula is C11H20N2O3. The number of carboxylic acid groups (broad SMARTS) is 1. The predicted molar refractivity (Wildman–Crippen MR) is 60.2 cm³/mol. The number of hydrogen-bond acceptors (Lipinski definition) is 2. The third-order valence-electron chi connectivity index (χ3n) is 2.75. The van der Waals surface area contributed by atoms with Gasteiger partial charge in [0.05, 0.1) is 6.04 Å². The van der Waals surface area contributed by atoms with Crippen molar-refractivity contribution in [3.63, 3.8) is 0 Å². The summed E-state index contributed by atoms with van der Waals surface area (Å²) in [5.41, 5.74) is 0. The minimum Gasteiger partial charge on any atom is -0.481 e. The predicted octanol–water partition coefficient (Wildman–Crippen LogP) is 1.24. The summed E-state index contributed by atoms with van der Waals surface area (Å²) in [6.45, 7) is 5.45. The summed E-state index contributed by atoms with van der Waals surface area (Å²) < 4.78 is 0. The maximum absolute atomic E-state index is 11.8. The summed E-state index contributed by atoms with van der Waals surface area (Å²) in [5.74, 6) is -0.394. The third-order valence-corrected chi connectivity index (χ3v) is 2.75. The van der Waals surface area contributed by atoms with Gasteiger partial charge in [0.2, 0.25) is 0 Å². The van der Waals surface area contributed by atoms with Crippen LogP contribution in [0.2, 0.25) is 0 Å². The van der Waals surface area contributed by atoms with Gasteiger partial charge in [-0.05, 0) is 12.3 Å². The standard InChI is InChI=1S/C11H20N2O3/c1-8(2)6-13-9(4-5-10(14)15)7-12(3)11(13)16/h8-9H,4-7H2,1-3H3,(H,14,15). The molecule has 1 N–H and O–H groups in total. The minimum atomic E-state index is -0.800. The average molecular weight is 228 g/mol. The van der Waals surface area contributed by atoms with Crippen molar-refractivity contribution in [3.05, 3.63) is 0 Å². The molecular weight excluding hydrogens is 208 g/mol. The van der Waals surface area contributed by atoms with Crippen LogP contribution < -0.4 is 0 Å². The highest BCUT2D eigenvalue weighted by Crippen LogP contribution is 2.19. The summed E-state index contributed by atoms with van der Waals surface area (Å²) in [7, 11) is 1.76. The molecule has 1 unspecified atom stereocenters. The molecule has 2 amide bonds. The van der Waals surface area contributed by atoms with Crippen LogP contribution in [0.3, 0.4) is 0 Å². The molecule has 0 bridgehead atoms. The molecule has 0 aromatic carbocycles. The van der Waals surface area contributed by atoms with Crippen molar-refractivity contribution < 1.29 is 14.7 Å². The molecule has 16 heavy (non-hydrogen) atoms. The molecule has 1 atom stereocenters. The quantitative estimate of drug-likeness (QED) is 0.770. The van der Waals surface area contributed by atoms with E-state index in [-0.39, 0.29) is 18.5 Å². The lowest BCUT2D eigenvalue weighted by atomic mass is 10.1. The average Bonchev–Trinajstić information content (AvgIpc) is 2.42. The van der Waals surface area contributed by atoms with E-state index in [2.05, 4.69) is 13.8 Å². The van der Waals surface area contributed by atoms with Crippen molar-refractivity contribution in [1.29, 1.82) is 0 Å². The third kappa shape index (κ3) is 3.12. The highest BCUT2D eigenvalue weighted by molar-refractivity contribution is 5.77. The van der Waals surface area contributed by atoms with Crippen molar-refractivity contribution in [1.82, 2.24) is 9.80 Å². The van der Waals surface area contributed by atoms with Gasteiger partial charge in [0.15, 0.2) is 0 Å². The van der Waals surface area contributed by atoms with Crippen LogP contribution in [0.15, 0.2) is 0 Å². The molecule has 92 valence electrons. The number of amides is 2. The summed E-state index contributed by atoms with van der Waals surface area (Å²) in [4.78, 5) is 25.8. The van der Waals surface area contributed by atoms with Gasteiger partial charge >= 0.3 is 12.0 Å². The van der Waals surface area contributed by atoms with Crippen LogP contribution in [-0.4, -0.2) is 53.1 Å². The molecule has 1 fully saturated rings.